The largest absolute Gasteiger partial charge is 0.337 e. The van der Waals surface area contributed by atoms with E-state index >= 15 is 0 Å². The standard InChI is InChI=1S/C19H26N4O/c1-3-11-23(14-18-21-10-12-22(18)2)19(24)17-7-5-4-6-16(17)15-8-9-20-13-15/h4-7,10,12,15,20H,3,8-9,11,13-14H2,1-2H3/t15-/m1/s1. The van der Waals surface area contributed by atoms with Gasteiger partial charge in [0.15, 0.2) is 0 Å². The number of nitrogens with one attached hydrogen (secondary N) is 1. The number of imidazole rings is 1. The highest BCUT2D eigenvalue weighted by molar-refractivity contribution is 5.95. The first-order valence-corrected chi connectivity index (χ1v) is 8.75. The van der Waals surface area contributed by atoms with Crippen LogP contribution in [0.1, 0.15) is 47.4 Å². The van der Waals surface area contributed by atoms with Gasteiger partial charge in [-0.2, -0.15) is 0 Å². The number of nitrogens with zero attached hydrogens (tertiary/aromatic N) is 3. The minimum atomic E-state index is 0.113. The van der Waals surface area contributed by atoms with Crippen molar-refractivity contribution in [3.63, 3.8) is 0 Å². The predicted octanol–water partition coefficient (Wildman–Crippen LogP) is 2.55. The second-order valence-electron chi connectivity index (χ2n) is 6.46. The summed E-state index contributed by atoms with van der Waals surface area (Å²) in [5.41, 5.74) is 2.02. The third-order valence-corrected chi connectivity index (χ3v) is 4.73. The van der Waals surface area contributed by atoms with Crippen molar-refractivity contribution >= 4 is 5.91 Å². The molecule has 0 saturated carbocycles. The lowest BCUT2D eigenvalue weighted by molar-refractivity contribution is 0.0736. The maximum Gasteiger partial charge on any atom is 0.254 e. The summed E-state index contributed by atoms with van der Waals surface area (Å²) in [6.45, 7) is 5.37. The highest BCUT2D eigenvalue weighted by Crippen LogP contribution is 2.26. The van der Waals surface area contributed by atoms with Gasteiger partial charge in [-0.3, -0.25) is 4.79 Å². The summed E-state index contributed by atoms with van der Waals surface area (Å²) in [6, 6.07) is 8.07. The van der Waals surface area contributed by atoms with E-state index in [0.29, 0.717) is 12.5 Å². The molecular weight excluding hydrogens is 300 g/mol. The Morgan fingerprint density at radius 2 is 2.25 bits per heavy atom. The van der Waals surface area contributed by atoms with Gasteiger partial charge >= 0.3 is 0 Å². The fourth-order valence-corrected chi connectivity index (χ4v) is 3.38. The second-order valence-corrected chi connectivity index (χ2v) is 6.46. The molecule has 5 nitrogen and oxygen atoms in total. The fourth-order valence-electron chi connectivity index (χ4n) is 3.38. The Labute approximate surface area is 143 Å². The summed E-state index contributed by atoms with van der Waals surface area (Å²) in [5.74, 6) is 1.46. The Morgan fingerprint density at radius 3 is 2.92 bits per heavy atom. The molecule has 1 atom stereocenters. The smallest absolute Gasteiger partial charge is 0.254 e. The summed E-state index contributed by atoms with van der Waals surface area (Å²) in [6.07, 6.45) is 5.73. The molecule has 128 valence electrons. The predicted molar refractivity (Wildman–Crippen MR) is 94.9 cm³/mol. The van der Waals surface area contributed by atoms with Crippen LogP contribution < -0.4 is 5.32 Å². The Balaban J connectivity index is 1.86. The molecule has 1 saturated heterocycles. The fraction of sp³-hybridized carbons (Fsp3) is 0.474. The lowest BCUT2D eigenvalue weighted by Crippen LogP contribution is -2.33. The van der Waals surface area contributed by atoms with Crippen LogP contribution >= 0.6 is 0 Å². The third kappa shape index (κ3) is 3.51. The number of carbonyl (C=O) groups excluding carboxylic acids is 1. The van der Waals surface area contributed by atoms with Crippen molar-refractivity contribution in [1.29, 1.82) is 0 Å². The summed E-state index contributed by atoms with van der Waals surface area (Å²) in [7, 11) is 1.97. The van der Waals surface area contributed by atoms with Gasteiger partial charge in [0.05, 0.1) is 6.54 Å². The van der Waals surface area contributed by atoms with Crippen molar-refractivity contribution in [1.82, 2.24) is 19.8 Å². The van der Waals surface area contributed by atoms with E-state index in [0.717, 1.165) is 43.9 Å². The van der Waals surface area contributed by atoms with Crippen LogP contribution in [0.4, 0.5) is 0 Å². The van der Waals surface area contributed by atoms with Gasteiger partial charge in [0.1, 0.15) is 5.82 Å². The number of carbonyl (C=O) groups is 1. The number of aryl methyl sites for hydroxylation is 1. The molecule has 2 heterocycles. The normalized spacial score (nSPS) is 17.2. The van der Waals surface area contributed by atoms with Gasteiger partial charge in [-0.25, -0.2) is 4.98 Å². The zero-order valence-electron chi connectivity index (χ0n) is 14.5. The molecule has 5 heteroatoms. The maximum absolute atomic E-state index is 13.2. The van der Waals surface area contributed by atoms with Gasteiger partial charge in [0.2, 0.25) is 0 Å². The molecule has 2 aromatic rings. The van der Waals surface area contributed by atoms with E-state index in [1.165, 1.54) is 5.56 Å². The molecule has 1 N–H and O–H groups in total. The van der Waals surface area contributed by atoms with Gasteiger partial charge in [-0.15, -0.1) is 0 Å². The van der Waals surface area contributed by atoms with Gasteiger partial charge in [-0.05, 0) is 36.9 Å². The monoisotopic (exact) mass is 326 g/mol. The lowest BCUT2D eigenvalue weighted by atomic mass is 9.93. The quantitative estimate of drug-likeness (QED) is 0.887. The molecule has 0 unspecified atom stereocenters. The molecule has 1 fully saturated rings. The van der Waals surface area contributed by atoms with Crippen LogP contribution in [0.3, 0.4) is 0 Å². The van der Waals surface area contributed by atoms with E-state index in [1.807, 2.05) is 40.9 Å². The first kappa shape index (κ1) is 16.7. The topological polar surface area (TPSA) is 50.2 Å². The van der Waals surface area contributed by atoms with E-state index in [4.69, 9.17) is 0 Å². The molecular formula is C19H26N4O. The van der Waals surface area contributed by atoms with E-state index in [9.17, 15) is 4.79 Å². The first-order chi connectivity index (χ1) is 11.7. The van der Waals surface area contributed by atoms with Crippen molar-refractivity contribution in [2.24, 2.45) is 7.05 Å². The number of rotatable bonds is 6. The van der Waals surface area contributed by atoms with Crippen molar-refractivity contribution < 1.29 is 4.79 Å². The molecule has 0 bridgehead atoms. The van der Waals surface area contributed by atoms with Crippen molar-refractivity contribution in [3.8, 4) is 0 Å². The molecule has 24 heavy (non-hydrogen) atoms. The van der Waals surface area contributed by atoms with Gasteiger partial charge in [0, 0.05) is 38.1 Å². The zero-order valence-corrected chi connectivity index (χ0v) is 14.5. The Bertz CT molecular complexity index is 688. The summed E-state index contributed by atoms with van der Waals surface area (Å²) in [5, 5.41) is 3.40. The van der Waals surface area contributed by atoms with E-state index < -0.39 is 0 Å². The van der Waals surface area contributed by atoms with Gasteiger partial charge in [0.25, 0.3) is 5.91 Å². The number of benzene rings is 1. The van der Waals surface area contributed by atoms with Gasteiger partial charge in [-0.1, -0.05) is 25.1 Å². The van der Waals surface area contributed by atoms with Crippen LogP contribution in [0.25, 0.3) is 0 Å². The molecule has 0 radical (unpaired) electrons. The molecule has 0 spiro atoms. The lowest BCUT2D eigenvalue weighted by Gasteiger charge is -2.24. The molecule has 1 aliphatic rings. The number of hydrogen-bond acceptors (Lipinski definition) is 3. The third-order valence-electron chi connectivity index (χ3n) is 4.73. The number of hydrogen-bond donors (Lipinski definition) is 1. The zero-order chi connectivity index (χ0) is 16.9. The van der Waals surface area contributed by atoms with E-state index in [2.05, 4.69) is 23.3 Å². The van der Waals surface area contributed by atoms with Crippen molar-refractivity contribution in [2.75, 3.05) is 19.6 Å². The van der Waals surface area contributed by atoms with Crippen LogP contribution in [0.15, 0.2) is 36.7 Å². The molecule has 0 aliphatic carbocycles. The highest BCUT2D eigenvalue weighted by Gasteiger charge is 2.25. The minimum Gasteiger partial charge on any atom is -0.337 e. The van der Waals surface area contributed by atoms with Crippen molar-refractivity contribution in [2.45, 2.75) is 32.2 Å². The highest BCUT2D eigenvalue weighted by atomic mass is 16.2. The average Bonchev–Trinajstić information content (AvgIpc) is 3.26. The number of aromatic nitrogens is 2. The maximum atomic E-state index is 13.2. The molecule has 3 rings (SSSR count). The van der Waals surface area contributed by atoms with Crippen LogP contribution in [-0.4, -0.2) is 40.0 Å². The van der Waals surface area contributed by atoms with Crippen LogP contribution in [0.2, 0.25) is 0 Å². The van der Waals surface area contributed by atoms with E-state index in [-0.39, 0.29) is 5.91 Å². The Morgan fingerprint density at radius 1 is 1.42 bits per heavy atom. The Kier molecular flexibility index (Phi) is 5.30. The SMILES string of the molecule is CCCN(Cc1nccn1C)C(=O)c1ccccc1[C@@H]1CCNC1. The Hall–Kier alpha value is -2.14. The second kappa shape index (κ2) is 7.62. The number of amides is 1. The first-order valence-electron chi connectivity index (χ1n) is 8.75. The molecule has 1 amide bonds. The molecule has 1 aromatic carbocycles. The summed E-state index contributed by atoms with van der Waals surface area (Å²) in [4.78, 5) is 19.5. The summed E-state index contributed by atoms with van der Waals surface area (Å²) < 4.78 is 1.97. The van der Waals surface area contributed by atoms with E-state index in [1.54, 1.807) is 6.20 Å². The van der Waals surface area contributed by atoms with Crippen molar-refractivity contribution in [3.05, 3.63) is 53.6 Å². The van der Waals surface area contributed by atoms with Crippen LogP contribution in [0.5, 0.6) is 0 Å². The molecule has 1 aliphatic heterocycles. The average molecular weight is 326 g/mol. The van der Waals surface area contributed by atoms with Crippen LogP contribution in [0, 0.1) is 0 Å². The van der Waals surface area contributed by atoms with Crippen LogP contribution in [-0.2, 0) is 13.6 Å². The minimum absolute atomic E-state index is 0.113. The summed E-state index contributed by atoms with van der Waals surface area (Å²) >= 11 is 0. The van der Waals surface area contributed by atoms with Gasteiger partial charge < -0.3 is 14.8 Å². The molecule has 1 aromatic heterocycles.